The highest BCUT2D eigenvalue weighted by atomic mass is 32.2. The number of benzene rings is 1. The molecule has 0 spiro atoms. The molecule has 0 aliphatic carbocycles. The standard InChI is InChI=1S/C11H16N2O3S/c1-13-11(14)8-17(15)7-6-16-10-4-2-9(12)3-5-10/h2-5H,6-8,12H2,1H3,(H,13,14). The van der Waals surface area contributed by atoms with Crippen LogP contribution in [0.1, 0.15) is 0 Å². The zero-order valence-corrected chi connectivity index (χ0v) is 10.5. The molecule has 1 amide bonds. The highest BCUT2D eigenvalue weighted by Crippen LogP contribution is 2.12. The molecule has 0 saturated carbocycles. The fourth-order valence-corrected chi connectivity index (χ4v) is 1.96. The van der Waals surface area contributed by atoms with Crippen LogP contribution in [0.4, 0.5) is 5.69 Å². The first-order valence-corrected chi connectivity index (χ1v) is 6.64. The summed E-state index contributed by atoms with van der Waals surface area (Å²) >= 11 is 0. The minimum atomic E-state index is -1.19. The molecule has 17 heavy (non-hydrogen) atoms. The second-order valence-corrected chi connectivity index (χ2v) is 4.96. The van der Waals surface area contributed by atoms with Gasteiger partial charge in [0.15, 0.2) is 0 Å². The van der Waals surface area contributed by atoms with Gasteiger partial charge in [-0.15, -0.1) is 0 Å². The Bertz CT molecular complexity index is 392. The van der Waals surface area contributed by atoms with E-state index in [1.807, 2.05) is 0 Å². The van der Waals surface area contributed by atoms with E-state index in [1.165, 1.54) is 7.05 Å². The summed E-state index contributed by atoms with van der Waals surface area (Å²) in [7, 11) is 0.328. The van der Waals surface area contributed by atoms with Gasteiger partial charge in [0.25, 0.3) is 0 Å². The van der Waals surface area contributed by atoms with Crippen LogP contribution in [0.5, 0.6) is 5.75 Å². The molecule has 0 aliphatic rings. The number of nitrogen functional groups attached to an aromatic ring is 1. The van der Waals surface area contributed by atoms with Gasteiger partial charge in [-0.25, -0.2) is 0 Å². The van der Waals surface area contributed by atoms with E-state index in [1.54, 1.807) is 24.3 Å². The lowest BCUT2D eigenvalue weighted by molar-refractivity contribution is -0.118. The number of hydrogen-bond donors (Lipinski definition) is 2. The summed E-state index contributed by atoms with van der Waals surface area (Å²) in [6.07, 6.45) is 0. The Balaban J connectivity index is 2.26. The third-order valence-electron chi connectivity index (χ3n) is 2.03. The summed E-state index contributed by atoms with van der Waals surface area (Å²) in [6, 6.07) is 6.96. The Morgan fingerprint density at radius 1 is 1.41 bits per heavy atom. The van der Waals surface area contributed by atoms with Crippen LogP contribution in [0.25, 0.3) is 0 Å². The molecule has 1 aromatic rings. The summed E-state index contributed by atoms with van der Waals surface area (Å²) in [5, 5.41) is 2.42. The van der Waals surface area contributed by atoms with Gasteiger partial charge < -0.3 is 15.8 Å². The van der Waals surface area contributed by atoms with Gasteiger partial charge in [0.2, 0.25) is 5.91 Å². The van der Waals surface area contributed by atoms with Crippen molar-refractivity contribution in [3.05, 3.63) is 24.3 Å². The SMILES string of the molecule is CNC(=O)CS(=O)CCOc1ccc(N)cc1. The number of nitrogens with two attached hydrogens (primary N) is 1. The van der Waals surface area contributed by atoms with Crippen molar-refractivity contribution in [2.24, 2.45) is 0 Å². The molecular formula is C11H16N2O3S. The molecule has 1 rings (SSSR count). The fraction of sp³-hybridized carbons (Fsp3) is 0.364. The molecule has 0 aromatic heterocycles. The Morgan fingerprint density at radius 3 is 2.65 bits per heavy atom. The first-order valence-electron chi connectivity index (χ1n) is 5.15. The number of carbonyl (C=O) groups is 1. The van der Waals surface area contributed by atoms with E-state index in [4.69, 9.17) is 10.5 Å². The van der Waals surface area contributed by atoms with Crippen LogP contribution in [0.2, 0.25) is 0 Å². The predicted octanol–water partition coefficient (Wildman–Crippen LogP) is 0.142. The van der Waals surface area contributed by atoms with Gasteiger partial charge in [0, 0.05) is 23.5 Å². The van der Waals surface area contributed by atoms with Crippen LogP contribution in [-0.2, 0) is 15.6 Å². The van der Waals surface area contributed by atoms with E-state index in [2.05, 4.69) is 5.32 Å². The number of nitrogens with one attached hydrogen (secondary N) is 1. The highest BCUT2D eigenvalue weighted by molar-refractivity contribution is 7.85. The number of amides is 1. The Kier molecular flexibility index (Phi) is 5.48. The lowest BCUT2D eigenvalue weighted by atomic mass is 10.3. The minimum Gasteiger partial charge on any atom is -0.493 e. The predicted molar refractivity (Wildman–Crippen MR) is 68.3 cm³/mol. The normalized spacial score (nSPS) is 11.8. The van der Waals surface area contributed by atoms with Crippen molar-refractivity contribution in [3.63, 3.8) is 0 Å². The van der Waals surface area contributed by atoms with E-state index >= 15 is 0 Å². The molecular weight excluding hydrogens is 240 g/mol. The number of ether oxygens (including phenoxy) is 1. The molecule has 1 unspecified atom stereocenters. The topological polar surface area (TPSA) is 81.4 Å². The minimum absolute atomic E-state index is 0.0155. The smallest absolute Gasteiger partial charge is 0.232 e. The monoisotopic (exact) mass is 256 g/mol. The summed E-state index contributed by atoms with van der Waals surface area (Å²) in [5.74, 6) is 0.798. The molecule has 5 nitrogen and oxygen atoms in total. The van der Waals surface area contributed by atoms with Crippen LogP contribution < -0.4 is 15.8 Å². The summed E-state index contributed by atoms with van der Waals surface area (Å²) in [6.45, 7) is 0.313. The molecule has 94 valence electrons. The van der Waals surface area contributed by atoms with Crippen molar-refractivity contribution in [2.45, 2.75) is 0 Å². The number of anilines is 1. The first-order chi connectivity index (χ1) is 8.11. The fourth-order valence-electron chi connectivity index (χ4n) is 1.11. The van der Waals surface area contributed by atoms with E-state index in [0.29, 0.717) is 23.8 Å². The molecule has 0 bridgehead atoms. The highest BCUT2D eigenvalue weighted by Gasteiger charge is 2.06. The van der Waals surface area contributed by atoms with E-state index < -0.39 is 10.8 Å². The Morgan fingerprint density at radius 2 is 2.06 bits per heavy atom. The molecule has 0 radical (unpaired) electrons. The van der Waals surface area contributed by atoms with Gasteiger partial charge in [-0.05, 0) is 24.3 Å². The van der Waals surface area contributed by atoms with Crippen molar-refractivity contribution >= 4 is 22.4 Å². The van der Waals surface area contributed by atoms with Gasteiger partial charge in [-0.1, -0.05) is 0 Å². The summed E-state index contributed by atoms with van der Waals surface area (Å²) in [4.78, 5) is 10.9. The van der Waals surface area contributed by atoms with Gasteiger partial charge in [0.1, 0.15) is 11.5 Å². The number of carbonyl (C=O) groups excluding carboxylic acids is 1. The van der Waals surface area contributed by atoms with Gasteiger partial charge in [-0.2, -0.15) is 0 Å². The third kappa shape index (κ3) is 5.35. The maximum atomic E-state index is 11.4. The molecule has 1 aromatic carbocycles. The number of rotatable bonds is 6. The lowest BCUT2D eigenvalue weighted by Crippen LogP contribution is -2.26. The Hall–Kier alpha value is -1.56. The van der Waals surface area contributed by atoms with Crippen molar-refractivity contribution in [3.8, 4) is 5.75 Å². The average Bonchev–Trinajstić information content (AvgIpc) is 2.31. The average molecular weight is 256 g/mol. The molecule has 6 heteroatoms. The quantitative estimate of drug-likeness (QED) is 0.709. The lowest BCUT2D eigenvalue weighted by Gasteiger charge is -2.06. The second kappa shape index (κ2) is 6.90. The molecule has 0 aliphatic heterocycles. The van der Waals surface area contributed by atoms with Crippen LogP contribution >= 0.6 is 0 Å². The molecule has 1 atom stereocenters. The largest absolute Gasteiger partial charge is 0.493 e. The van der Waals surface area contributed by atoms with Gasteiger partial charge in [0.05, 0.1) is 12.4 Å². The van der Waals surface area contributed by atoms with E-state index in [9.17, 15) is 9.00 Å². The molecule has 3 N–H and O–H groups in total. The number of hydrogen-bond acceptors (Lipinski definition) is 4. The van der Waals surface area contributed by atoms with Gasteiger partial charge >= 0.3 is 0 Å². The molecule has 0 fully saturated rings. The zero-order chi connectivity index (χ0) is 12.7. The van der Waals surface area contributed by atoms with Crippen LogP contribution in [0, 0.1) is 0 Å². The zero-order valence-electron chi connectivity index (χ0n) is 9.64. The molecule has 0 saturated heterocycles. The van der Waals surface area contributed by atoms with Crippen LogP contribution in [0.3, 0.4) is 0 Å². The van der Waals surface area contributed by atoms with Crippen molar-refractivity contribution in [1.82, 2.24) is 5.32 Å². The van der Waals surface area contributed by atoms with Crippen molar-refractivity contribution < 1.29 is 13.7 Å². The third-order valence-corrected chi connectivity index (χ3v) is 3.24. The maximum absolute atomic E-state index is 11.4. The van der Waals surface area contributed by atoms with E-state index in [0.717, 1.165) is 0 Å². The summed E-state index contributed by atoms with van der Waals surface area (Å²) < 4.78 is 16.8. The second-order valence-electron chi connectivity index (χ2n) is 3.38. The Labute approximate surface area is 103 Å². The van der Waals surface area contributed by atoms with E-state index in [-0.39, 0.29) is 11.7 Å². The van der Waals surface area contributed by atoms with Crippen molar-refractivity contribution in [1.29, 1.82) is 0 Å². The van der Waals surface area contributed by atoms with Gasteiger partial charge in [-0.3, -0.25) is 9.00 Å². The maximum Gasteiger partial charge on any atom is 0.232 e. The van der Waals surface area contributed by atoms with Crippen LogP contribution in [0.15, 0.2) is 24.3 Å². The summed E-state index contributed by atoms with van der Waals surface area (Å²) in [5.41, 5.74) is 6.19. The molecule has 0 heterocycles. The first kappa shape index (κ1) is 13.5. The van der Waals surface area contributed by atoms with Crippen LogP contribution in [-0.4, -0.2) is 35.3 Å². The van der Waals surface area contributed by atoms with Crippen molar-refractivity contribution in [2.75, 3.05) is 30.9 Å².